The zero-order valence-corrected chi connectivity index (χ0v) is 16.8. The average Bonchev–Trinajstić information content (AvgIpc) is 2.60. The highest BCUT2D eigenvalue weighted by Gasteiger charge is 2.31. The van der Waals surface area contributed by atoms with Crippen LogP contribution in [0.3, 0.4) is 0 Å². The highest BCUT2D eigenvalue weighted by atomic mass is 16.6. The maximum absolute atomic E-state index is 12.8. The molecule has 1 atom stereocenters. The Morgan fingerprint density at radius 3 is 2.67 bits per heavy atom. The Hall–Kier alpha value is -2.44. The van der Waals surface area contributed by atoms with E-state index in [0.29, 0.717) is 24.4 Å². The Kier molecular flexibility index (Phi) is 6.57. The molecule has 0 bridgehead atoms. The lowest BCUT2D eigenvalue weighted by atomic mass is 10.0. The third kappa shape index (κ3) is 5.77. The van der Waals surface area contributed by atoms with Crippen LogP contribution in [0.25, 0.3) is 0 Å². The molecule has 0 saturated carbocycles. The van der Waals surface area contributed by atoms with E-state index in [9.17, 15) is 14.7 Å². The summed E-state index contributed by atoms with van der Waals surface area (Å²) in [4.78, 5) is 28.4. The number of methoxy groups -OCH3 is 1. The van der Waals surface area contributed by atoms with Gasteiger partial charge in [0.25, 0.3) is 0 Å². The number of nitrogens with zero attached hydrogens (tertiary/aromatic N) is 2. The number of aromatic hydroxyl groups is 1. The molecule has 7 heteroatoms. The molecule has 1 heterocycles. The average molecular weight is 378 g/mol. The van der Waals surface area contributed by atoms with Crippen LogP contribution in [-0.4, -0.2) is 65.8 Å². The number of rotatable bonds is 4. The molecule has 0 aliphatic carbocycles. The fourth-order valence-electron chi connectivity index (χ4n) is 3.16. The summed E-state index contributed by atoms with van der Waals surface area (Å²) in [5.41, 5.74) is 0.0894. The number of piperidine rings is 1. The van der Waals surface area contributed by atoms with Crippen molar-refractivity contribution < 1.29 is 24.2 Å². The van der Waals surface area contributed by atoms with Crippen molar-refractivity contribution in [3.8, 4) is 11.5 Å². The predicted octanol–water partition coefficient (Wildman–Crippen LogP) is 2.80. The van der Waals surface area contributed by atoms with Gasteiger partial charge >= 0.3 is 6.09 Å². The number of ether oxygens (including phenoxy) is 2. The molecule has 1 aromatic rings. The van der Waals surface area contributed by atoms with E-state index in [1.807, 2.05) is 20.8 Å². The predicted molar refractivity (Wildman–Crippen MR) is 102 cm³/mol. The lowest BCUT2D eigenvalue weighted by Crippen LogP contribution is -2.51. The van der Waals surface area contributed by atoms with Crippen molar-refractivity contribution in [2.45, 2.75) is 51.7 Å². The molecule has 27 heavy (non-hydrogen) atoms. The van der Waals surface area contributed by atoms with Crippen LogP contribution in [0.5, 0.6) is 11.5 Å². The number of likely N-dealkylation sites (N-methyl/N-ethyl adjacent to an activating group) is 1. The van der Waals surface area contributed by atoms with Gasteiger partial charge < -0.3 is 24.4 Å². The van der Waals surface area contributed by atoms with Gasteiger partial charge in [0.15, 0.2) is 0 Å². The molecule has 0 aromatic heterocycles. The monoisotopic (exact) mass is 378 g/mol. The quantitative estimate of drug-likeness (QED) is 0.872. The van der Waals surface area contributed by atoms with E-state index in [1.165, 1.54) is 13.2 Å². The van der Waals surface area contributed by atoms with E-state index >= 15 is 0 Å². The maximum atomic E-state index is 12.8. The van der Waals surface area contributed by atoms with Crippen molar-refractivity contribution in [2.24, 2.45) is 0 Å². The number of benzene rings is 1. The molecule has 2 amide bonds. The van der Waals surface area contributed by atoms with Crippen molar-refractivity contribution in [1.29, 1.82) is 0 Å². The van der Waals surface area contributed by atoms with E-state index in [1.54, 1.807) is 29.0 Å². The molecule has 1 saturated heterocycles. The summed E-state index contributed by atoms with van der Waals surface area (Å²) >= 11 is 0. The SMILES string of the molecule is COc1ccc(O)cc1CC(=O)N(C)C1CCCN(C(=O)OC(C)(C)C)C1. The molecule has 1 aromatic carbocycles. The van der Waals surface area contributed by atoms with Gasteiger partial charge in [-0.05, 0) is 51.8 Å². The lowest BCUT2D eigenvalue weighted by Gasteiger charge is -2.38. The van der Waals surface area contributed by atoms with Gasteiger partial charge in [-0.3, -0.25) is 4.79 Å². The summed E-state index contributed by atoms with van der Waals surface area (Å²) in [6.45, 7) is 6.60. The van der Waals surface area contributed by atoms with Crippen molar-refractivity contribution in [1.82, 2.24) is 9.80 Å². The topological polar surface area (TPSA) is 79.3 Å². The first kappa shape index (κ1) is 20.9. The van der Waals surface area contributed by atoms with Crippen molar-refractivity contribution in [3.63, 3.8) is 0 Å². The highest BCUT2D eigenvalue weighted by Crippen LogP contribution is 2.25. The Labute approximate surface area is 160 Å². The summed E-state index contributed by atoms with van der Waals surface area (Å²) in [5, 5.41) is 9.68. The van der Waals surface area contributed by atoms with Gasteiger partial charge in [0, 0.05) is 31.7 Å². The number of likely N-dealkylation sites (tertiary alicyclic amines) is 1. The molecular weight excluding hydrogens is 348 g/mol. The molecule has 1 fully saturated rings. The minimum Gasteiger partial charge on any atom is -0.508 e. The molecule has 7 nitrogen and oxygen atoms in total. The Balaban J connectivity index is 2.02. The second kappa shape index (κ2) is 8.50. The van der Waals surface area contributed by atoms with Crippen LogP contribution in [0.1, 0.15) is 39.2 Å². The molecule has 1 N–H and O–H groups in total. The minimum atomic E-state index is -0.544. The second-order valence-corrected chi connectivity index (χ2v) is 7.90. The fraction of sp³-hybridized carbons (Fsp3) is 0.600. The summed E-state index contributed by atoms with van der Waals surface area (Å²) in [6.07, 6.45) is 1.43. The third-order valence-electron chi connectivity index (χ3n) is 4.59. The van der Waals surface area contributed by atoms with Gasteiger partial charge in [0.2, 0.25) is 5.91 Å². The molecule has 0 radical (unpaired) electrons. The number of phenolic OH excluding ortho intramolecular Hbond substituents is 1. The van der Waals surface area contributed by atoms with E-state index in [0.717, 1.165) is 12.8 Å². The molecule has 1 unspecified atom stereocenters. The Morgan fingerprint density at radius 1 is 1.33 bits per heavy atom. The minimum absolute atomic E-state index is 0.0675. The first-order chi connectivity index (χ1) is 12.6. The summed E-state index contributed by atoms with van der Waals surface area (Å²) in [5.74, 6) is 0.568. The number of carbonyl (C=O) groups is 2. The van der Waals surface area contributed by atoms with Gasteiger partial charge in [0.05, 0.1) is 13.5 Å². The Morgan fingerprint density at radius 2 is 2.04 bits per heavy atom. The van der Waals surface area contributed by atoms with Crippen LogP contribution in [-0.2, 0) is 16.0 Å². The van der Waals surface area contributed by atoms with Crippen LogP contribution in [0.4, 0.5) is 4.79 Å². The van der Waals surface area contributed by atoms with Crippen molar-refractivity contribution in [2.75, 3.05) is 27.2 Å². The summed E-state index contributed by atoms with van der Waals surface area (Å²) in [7, 11) is 3.28. The van der Waals surface area contributed by atoms with E-state index in [4.69, 9.17) is 9.47 Å². The first-order valence-corrected chi connectivity index (χ1v) is 9.20. The van der Waals surface area contributed by atoms with Gasteiger partial charge in [-0.15, -0.1) is 0 Å². The van der Waals surface area contributed by atoms with Gasteiger partial charge in [-0.1, -0.05) is 0 Å². The van der Waals surface area contributed by atoms with Crippen LogP contribution < -0.4 is 4.74 Å². The number of amides is 2. The van der Waals surface area contributed by atoms with Crippen LogP contribution in [0, 0.1) is 0 Å². The van der Waals surface area contributed by atoms with Crippen LogP contribution >= 0.6 is 0 Å². The normalized spacial score (nSPS) is 17.4. The smallest absolute Gasteiger partial charge is 0.410 e. The standard InChI is InChI=1S/C20H30N2O5/c1-20(2,3)27-19(25)22-10-6-7-15(13-22)21(4)18(24)12-14-11-16(23)8-9-17(14)26-5/h8-9,11,15,23H,6-7,10,12-13H2,1-5H3. The molecular formula is C20H30N2O5. The van der Waals surface area contributed by atoms with Crippen molar-refractivity contribution >= 4 is 12.0 Å². The van der Waals surface area contributed by atoms with Crippen LogP contribution in [0.15, 0.2) is 18.2 Å². The Bertz CT molecular complexity index is 683. The highest BCUT2D eigenvalue weighted by molar-refractivity contribution is 5.80. The second-order valence-electron chi connectivity index (χ2n) is 7.90. The van der Waals surface area contributed by atoms with Gasteiger partial charge in [-0.25, -0.2) is 4.79 Å². The largest absolute Gasteiger partial charge is 0.508 e. The van der Waals surface area contributed by atoms with E-state index in [2.05, 4.69) is 0 Å². The van der Waals surface area contributed by atoms with E-state index < -0.39 is 5.60 Å². The first-order valence-electron chi connectivity index (χ1n) is 9.20. The molecule has 0 spiro atoms. The molecule has 1 aliphatic rings. The number of carbonyl (C=O) groups excluding carboxylic acids is 2. The lowest BCUT2D eigenvalue weighted by molar-refractivity contribution is -0.132. The maximum Gasteiger partial charge on any atom is 0.410 e. The summed E-state index contributed by atoms with van der Waals surface area (Å²) < 4.78 is 10.7. The van der Waals surface area contributed by atoms with Crippen LogP contribution in [0.2, 0.25) is 0 Å². The number of phenols is 1. The molecule has 150 valence electrons. The molecule has 1 aliphatic heterocycles. The number of hydrogen-bond acceptors (Lipinski definition) is 5. The number of hydrogen-bond donors (Lipinski definition) is 1. The zero-order chi connectivity index (χ0) is 20.2. The van der Waals surface area contributed by atoms with Gasteiger partial charge in [0.1, 0.15) is 17.1 Å². The fourth-order valence-corrected chi connectivity index (χ4v) is 3.16. The third-order valence-corrected chi connectivity index (χ3v) is 4.59. The van der Waals surface area contributed by atoms with E-state index in [-0.39, 0.29) is 30.2 Å². The summed E-state index contributed by atoms with van der Waals surface area (Å²) in [6, 6.07) is 4.64. The van der Waals surface area contributed by atoms with Crippen molar-refractivity contribution in [3.05, 3.63) is 23.8 Å². The van der Waals surface area contributed by atoms with Gasteiger partial charge in [-0.2, -0.15) is 0 Å². The molecule has 2 rings (SSSR count). The zero-order valence-electron chi connectivity index (χ0n) is 16.8.